The van der Waals surface area contributed by atoms with Crippen LogP contribution >= 0.6 is 0 Å². The minimum Gasteiger partial charge on any atom is -0.467 e. The second-order valence-electron chi connectivity index (χ2n) is 7.19. The van der Waals surface area contributed by atoms with Crippen LogP contribution in [0.5, 0.6) is 0 Å². The van der Waals surface area contributed by atoms with Gasteiger partial charge in [-0.2, -0.15) is 0 Å². The van der Waals surface area contributed by atoms with Crippen LogP contribution in [-0.4, -0.2) is 51.0 Å². The molecule has 1 saturated heterocycles. The Morgan fingerprint density at radius 2 is 1.83 bits per heavy atom. The molecule has 0 atom stereocenters. The fourth-order valence-corrected chi connectivity index (χ4v) is 3.90. The highest BCUT2D eigenvalue weighted by Crippen LogP contribution is 2.18. The molecule has 0 spiro atoms. The van der Waals surface area contributed by atoms with Gasteiger partial charge in [-0.3, -0.25) is 14.5 Å². The van der Waals surface area contributed by atoms with E-state index in [0.29, 0.717) is 38.2 Å². The van der Waals surface area contributed by atoms with Gasteiger partial charge in [-0.25, -0.2) is 8.42 Å². The van der Waals surface area contributed by atoms with Gasteiger partial charge in [0.1, 0.15) is 5.76 Å². The van der Waals surface area contributed by atoms with E-state index in [2.05, 4.69) is 10.6 Å². The normalized spacial score (nSPS) is 15.8. The van der Waals surface area contributed by atoms with Crippen molar-refractivity contribution in [3.8, 4) is 0 Å². The second-order valence-corrected chi connectivity index (χ2v) is 9.21. The van der Waals surface area contributed by atoms with Crippen molar-refractivity contribution in [3.63, 3.8) is 0 Å². The molecule has 8 nitrogen and oxygen atoms in total. The summed E-state index contributed by atoms with van der Waals surface area (Å²) in [5.74, 6) is 0.499. The first-order valence-electron chi connectivity index (χ1n) is 9.44. The number of nitrogens with one attached hydrogen (secondary N) is 2. The van der Waals surface area contributed by atoms with Crippen LogP contribution in [-0.2, 0) is 26.0 Å². The fourth-order valence-electron chi connectivity index (χ4n) is 3.27. The molecule has 0 saturated carbocycles. The van der Waals surface area contributed by atoms with E-state index >= 15 is 0 Å². The lowest BCUT2D eigenvalue weighted by Gasteiger charge is -2.30. The Labute approximate surface area is 170 Å². The number of carbonyl (C=O) groups excluding carboxylic acids is 2. The monoisotopic (exact) mass is 419 g/mol. The quantitative estimate of drug-likeness (QED) is 0.706. The van der Waals surface area contributed by atoms with E-state index in [1.165, 1.54) is 12.1 Å². The zero-order chi connectivity index (χ0) is 20.9. The lowest BCUT2D eigenvalue weighted by molar-refractivity contribution is -0.126. The smallest absolute Gasteiger partial charge is 0.238 e. The number of sulfone groups is 1. The minimum absolute atomic E-state index is 0.0106. The Morgan fingerprint density at radius 3 is 2.41 bits per heavy atom. The number of benzene rings is 1. The zero-order valence-corrected chi connectivity index (χ0v) is 17.1. The number of likely N-dealkylation sites (tertiary alicyclic amines) is 1. The standard InChI is InChI=1S/C20H25N3O5S/c1-29(26,27)18-6-4-16(5-7-18)22-19(24)14-23-10-8-15(9-11-23)20(25)21-13-17-3-2-12-28-17/h2-7,12,15H,8-11,13-14H2,1H3,(H,21,25)(H,22,24). The van der Waals surface area contributed by atoms with Crippen LogP contribution in [0.2, 0.25) is 0 Å². The molecule has 2 aromatic rings. The third kappa shape index (κ3) is 6.16. The number of carbonyl (C=O) groups is 2. The van der Waals surface area contributed by atoms with Gasteiger partial charge in [-0.05, 0) is 62.3 Å². The van der Waals surface area contributed by atoms with Crippen LogP contribution < -0.4 is 10.6 Å². The van der Waals surface area contributed by atoms with Gasteiger partial charge >= 0.3 is 0 Å². The van der Waals surface area contributed by atoms with Gasteiger partial charge in [0.15, 0.2) is 9.84 Å². The van der Waals surface area contributed by atoms with Crippen LogP contribution in [0.15, 0.2) is 52.0 Å². The molecule has 2 amide bonds. The summed E-state index contributed by atoms with van der Waals surface area (Å²) in [6, 6.07) is 9.69. The Balaban J connectivity index is 1.40. The number of hydrogen-bond donors (Lipinski definition) is 2. The maximum atomic E-state index is 12.3. The maximum Gasteiger partial charge on any atom is 0.238 e. The van der Waals surface area contributed by atoms with Crippen molar-refractivity contribution in [2.24, 2.45) is 5.92 Å². The molecule has 0 aliphatic carbocycles. The van der Waals surface area contributed by atoms with Crippen molar-refractivity contribution in [3.05, 3.63) is 48.4 Å². The molecule has 1 aliphatic heterocycles. The van der Waals surface area contributed by atoms with Gasteiger partial charge in [-0.15, -0.1) is 0 Å². The first kappa shape index (κ1) is 21.1. The number of hydrogen-bond acceptors (Lipinski definition) is 6. The minimum atomic E-state index is -3.26. The summed E-state index contributed by atoms with van der Waals surface area (Å²) in [6.45, 7) is 1.94. The molecule has 1 aromatic heterocycles. The van der Waals surface area contributed by atoms with Crippen molar-refractivity contribution in [2.75, 3.05) is 31.2 Å². The van der Waals surface area contributed by atoms with Gasteiger partial charge in [-0.1, -0.05) is 0 Å². The van der Waals surface area contributed by atoms with Crippen LogP contribution in [0.1, 0.15) is 18.6 Å². The van der Waals surface area contributed by atoms with E-state index in [0.717, 1.165) is 12.0 Å². The summed E-state index contributed by atoms with van der Waals surface area (Å²) >= 11 is 0. The second kappa shape index (κ2) is 9.23. The number of rotatable bonds is 7. The Bertz CT molecular complexity index is 931. The molecule has 0 radical (unpaired) electrons. The summed E-state index contributed by atoms with van der Waals surface area (Å²) in [6.07, 6.45) is 4.10. The largest absolute Gasteiger partial charge is 0.467 e. The number of nitrogens with zero attached hydrogens (tertiary/aromatic N) is 1. The summed E-state index contributed by atoms with van der Waals surface area (Å²) in [7, 11) is -3.26. The zero-order valence-electron chi connectivity index (χ0n) is 16.3. The molecule has 0 unspecified atom stereocenters. The van der Waals surface area contributed by atoms with Crippen molar-refractivity contribution in [2.45, 2.75) is 24.3 Å². The van der Waals surface area contributed by atoms with E-state index in [9.17, 15) is 18.0 Å². The first-order chi connectivity index (χ1) is 13.8. The van der Waals surface area contributed by atoms with Gasteiger partial charge in [0, 0.05) is 17.9 Å². The Hall–Kier alpha value is -2.65. The third-order valence-electron chi connectivity index (χ3n) is 4.91. The van der Waals surface area contributed by atoms with Crippen molar-refractivity contribution in [1.29, 1.82) is 0 Å². The average Bonchev–Trinajstić information content (AvgIpc) is 3.20. The van der Waals surface area contributed by atoms with E-state index in [1.54, 1.807) is 24.5 Å². The molecular formula is C20H25N3O5S. The van der Waals surface area contributed by atoms with Crippen LogP contribution in [0, 0.1) is 5.92 Å². The molecular weight excluding hydrogens is 394 g/mol. The molecule has 1 aliphatic rings. The Kier molecular flexibility index (Phi) is 6.71. The van der Waals surface area contributed by atoms with Crippen LogP contribution in [0.3, 0.4) is 0 Å². The van der Waals surface area contributed by atoms with Crippen molar-refractivity contribution < 1.29 is 22.4 Å². The van der Waals surface area contributed by atoms with E-state index in [4.69, 9.17) is 4.42 Å². The van der Waals surface area contributed by atoms with E-state index < -0.39 is 9.84 Å². The van der Waals surface area contributed by atoms with Gasteiger partial charge in [0.2, 0.25) is 11.8 Å². The topological polar surface area (TPSA) is 109 Å². The predicted molar refractivity (Wildman–Crippen MR) is 108 cm³/mol. The molecule has 2 N–H and O–H groups in total. The highest BCUT2D eigenvalue weighted by Gasteiger charge is 2.25. The molecule has 29 heavy (non-hydrogen) atoms. The highest BCUT2D eigenvalue weighted by molar-refractivity contribution is 7.90. The summed E-state index contributed by atoms with van der Waals surface area (Å²) in [5.41, 5.74) is 0.551. The maximum absolute atomic E-state index is 12.3. The summed E-state index contributed by atoms with van der Waals surface area (Å²) < 4.78 is 28.2. The van der Waals surface area contributed by atoms with E-state index in [-0.39, 0.29) is 29.2 Å². The van der Waals surface area contributed by atoms with E-state index in [1.807, 2.05) is 11.0 Å². The first-order valence-corrected chi connectivity index (χ1v) is 11.3. The molecule has 2 heterocycles. The fraction of sp³-hybridized carbons (Fsp3) is 0.400. The molecule has 1 aromatic carbocycles. The van der Waals surface area contributed by atoms with Crippen molar-refractivity contribution in [1.82, 2.24) is 10.2 Å². The third-order valence-corrected chi connectivity index (χ3v) is 6.04. The number of amides is 2. The SMILES string of the molecule is CS(=O)(=O)c1ccc(NC(=O)CN2CCC(C(=O)NCc3ccco3)CC2)cc1. The summed E-state index contributed by atoms with van der Waals surface area (Å²) in [5, 5.41) is 5.66. The van der Waals surface area contributed by atoms with Crippen molar-refractivity contribution >= 4 is 27.3 Å². The van der Waals surface area contributed by atoms with Crippen LogP contribution in [0.4, 0.5) is 5.69 Å². The summed E-state index contributed by atoms with van der Waals surface area (Å²) in [4.78, 5) is 26.7. The lowest BCUT2D eigenvalue weighted by atomic mass is 9.96. The number of piperidine rings is 1. The van der Waals surface area contributed by atoms with Crippen LogP contribution in [0.25, 0.3) is 0 Å². The predicted octanol–water partition coefficient (Wildman–Crippen LogP) is 1.65. The molecule has 9 heteroatoms. The molecule has 156 valence electrons. The Morgan fingerprint density at radius 1 is 1.14 bits per heavy atom. The number of anilines is 1. The highest BCUT2D eigenvalue weighted by atomic mass is 32.2. The average molecular weight is 420 g/mol. The van der Waals surface area contributed by atoms with Gasteiger partial charge in [0.25, 0.3) is 0 Å². The van der Waals surface area contributed by atoms with Gasteiger partial charge in [0.05, 0.1) is 24.2 Å². The van der Waals surface area contributed by atoms with Gasteiger partial charge < -0.3 is 15.1 Å². The molecule has 1 fully saturated rings. The molecule has 3 rings (SSSR count). The number of furan rings is 1. The molecule has 0 bridgehead atoms. The lowest BCUT2D eigenvalue weighted by Crippen LogP contribution is -2.43.